The van der Waals surface area contributed by atoms with E-state index in [1.807, 2.05) is 13.8 Å². The van der Waals surface area contributed by atoms with Crippen LogP contribution in [0.25, 0.3) is 0 Å². The lowest BCUT2D eigenvalue weighted by Gasteiger charge is -2.19. The number of furan rings is 1. The minimum Gasteiger partial charge on any atom is -0.480 e. The molecule has 116 valence electrons. The van der Waals surface area contributed by atoms with Crippen LogP contribution in [0.15, 0.2) is 23.0 Å². The molecule has 0 aromatic carbocycles. The van der Waals surface area contributed by atoms with Crippen molar-refractivity contribution in [2.75, 3.05) is 0 Å². The zero-order valence-electron chi connectivity index (χ0n) is 12.3. The minimum atomic E-state index is -1.09. The second-order valence-corrected chi connectivity index (χ2v) is 5.24. The van der Waals surface area contributed by atoms with Gasteiger partial charge in [0.1, 0.15) is 18.3 Å². The van der Waals surface area contributed by atoms with Gasteiger partial charge in [-0.1, -0.05) is 13.8 Å². The van der Waals surface area contributed by atoms with Crippen LogP contribution in [-0.4, -0.2) is 35.0 Å². The molecule has 0 aliphatic carbocycles. The Kier molecular flexibility index (Phi) is 5.95. The molecular formula is C14H20N2O5. The van der Waals surface area contributed by atoms with E-state index in [1.165, 1.54) is 25.5 Å². The highest BCUT2D eigenvalue weighted by Gasteiger charge is 2.24. The SMILES string of the molecule is CC(C)C[C@H](NC(=O)C(C)NC(=O)c1ccoc1)C(=O)O. The van der Waals surface area contributed by atoms with Gasteiger partial charge in [-0.05, 0) is 25.3 Å². The molecule has 1 aromatic rings. The smallest absolute Gasteiger partial charge is 0.326 e. The standard InChI is InChI=1S/C14H20N2O5/c1-8(2)6-11(14(19)20)16-12(17)9(3)15-13(18)10-4-5-21-7-10/h4-5,7-9,11H,6H2,1-3H3,(H,15,18)(H,16,17)(H,19,20)/t9?,11-/m0/s1. The lowest BCUT2D eigenvalue weighted by Crippen LogP contribution is -2.50. The van der Waals surface area contributed by atoms with Crippen LogP contribution in [0.5, 0.6) is 0 Å². The highest BCUT2D eigenvalue weighted by atomic mass is 16.4. The van der Waals surface area contributed by atoms with Crippen molar-refractivity contribution < 1.29 is 23.9 Å². The summed E-state index contributed by atoms with van der Waals surface area (Å²) in [6, 6.07) is -0.342. The van der Waals surface area contributed by atoms with E-state index in [4.69, 9.17) is 9.52 Å². The summed E-state index contributed by atoms with van der Waals surface area (Å²) < 4.78 is 4.78. The second kappa shape index (κ2) is 7.47. The minimum absolute atomic E-state index is 0.127. The van der Waals surface area contributed by atoms with Gasteiger partial charge in [0.25, 0.3) is 5.91 Å². The lowest BCUT2D eigenvalue weighted by molar-refractivity contribution is -0.142. The Morgan fingerprint density at radius 2 is 1.90 bits per heavy atom. The largest absolute Gasteiger partial charge is 0.480 e. The van der Waals surface area contributed by atoms with Crippen LogP contribution in [-0.2, 0) is 9.59 Å². The monoisotopic (exact) mass is 296 g/mol. The summed E-state index contributed by atoms with van der Waals surface area (Å²) in [5.41, 5.74) is 0.298. The first kappa shape index (κ1) is 16.7. The van der Waals surface area contributed by atoms with Gasteiger partial charge >= 0.3 is 5.97 Å². The van der Waals surface area contributed by atoms with Crippen LogP contribution in [0.2, 0.25) is 0 Å². The van der Waals surface area contributed by atoms with Gasteiger partial charge in [-0.15, -0.1) is 0 Å². The zero-order valence-corrected chi connectivity index (χ0v) is 12.3. The van der Waals surface area contributed by atoms with Gasteiger partial charge < -0.3 is 20.2 Å². The van der Waals surface area contributed by atoms with Crippen molar-refractivity contribution >= 4 is 17.8 Å². The molecular weight excluding hydrogens is 276 g/mol. The molecule has 0 aliphatic heterocycles. The number of carbonyl (C=O) groups excluding carboxylic acids is 2. The summed E-state index contributed by atoms with van der Waals surface area (Å²) in [5, 5.41) is 14.0. The third-order valence-electron chi connectivity index (χ3n) is 2.85. The highest BCUT2D eigenvalue weighted by Crippen LogP contribution is 2.05. The Morgan fingerprint density at radius 1 is 1.24 bits per heavy atom. The molecule has 0 saturated heterocycles. The van der Waals surface area contributed by atoms with Gasteiger partial charge in [0.15, 0.2) is 0 Å². The number of hydrogen-bond donors (Lipinski definition) is 3. The molecule has 0 radical (unpaired) electrons. The normalized spacial score (nSPS) is 13.5. The van der Waals surface area contributed by atoms with Crippen LogP contribution < -0.4 is 10.6 Å². The molecule has 0 saturated carbocycles. The molecule has 7 heteroatoms. The van der Waals surface area contributed by atoms with E-state index in [-0.39, 0.29) is 5.92 Å². The molecule has 1 rings (SSSR count). The van der Waals surface area contributed by atoms with Crippen molar-refractivity contribution in [2.45, 2.75) is 39.3 Å². The Morgan fingerprint density at radius 3 is 2.38 bits per heavy atom. The first-order valence-electron chi connectivity index (χ1n) is 6.67. The van der Waals surface area contributed by atoms with Gasteiger partial charge in [0.05, 0.1) is 11.8 Å². The van der Waals surface area contributed by atoms with E-state index >= 15 is 0 Å². The maximum atomic E-state index is 11.9. The predicted octanol–water partition coefficient (Wildman–Crippen LogP) is 1.01. The third-order valence-corrected chi connectivity index (χ3v) is 2.85. The molecule has 1 unspecified atom stereocenters. The van der Waals surface area contributed by atoms with E-state index in [1.54, 1.807) is 0 Å². The summed E-state index contributed by atoms with van der Waals surface area (Å²) >= 11 is 0. The number of carbonyl (C=O) groups is 3. The molecule has 0 bridgehead atoms. The number of carboxylic acid groups (broad SMARTS) is 1. The van der Waals surface area contributed by atoms with Gasteiger partial charge in [-0.2, -0.15) is 0 Å². The van der Waals surface area contributed by atoms with Crippen LogP contribution in [0, 0.1) is 5.92 Å². The average molecular weight is 296 g/mol. The highest BCUT2D eigenvalue weighted by molar-refractivity contribution is 5.97. The molecule has 3 N–H and O–H groups in total. The van der Waals surface area contributed by atoms with Crippen LogP contribution in [0.4, 0.5) is 0 Å². The maximum Gasteiger partial charge on any atom is 0.326 e. The number of amides is 2. The molecule has 2 amide bonds. The summed E-state index contributed by atoms with van der Waals surface area (Å²) in [5.74, 6) is -1.96. The second-order valence-electron chi connectivity index (χ2n) is 5.24. The number of nitrogens with one attached hydrogen (secondary N) is 2. The molecule has 0 fully saturated rings. The van der Waals surface area contributed by atoms with E-state index in [9.17, 15) is 14.4 Å². The number of carboxylic acids is 1. The molecule has 7 nitrogen and oxygen atoms in total. The van der Waals surface area contributed by atoms with Gasteiger partial charge in [0.2, 0.25) is 5.91 Å². The Hall–Kier alpha value is -2.31. The number of rotatable bonds is 7. The zero-order chi connectivity index (χ0) is 16.0. The van der Waals surface area contributed by atoms with Crippen molar-refractivity contribution in [3.63, 3.8) is 0 Å². The van der Waals surface area contributed by atoms with Crippen molar-refractivity contribution in [3.05, 3.63) is 24.2 Å². The summed E-state index contributed by atoms with van der Waals surface area (Å²) in [6.45, 7) is 5.22. The van der Waals surface area contributed by atoms with Crippen LogP contribution in [0.3, 0.4) is 0 Å². The fourth-order valence-electron chi connectivity index (χ4n) is 1.73. The number of aliphatic carboxylic acids is 1. The summed E-state index contributed by atoms with van der Waals surface area (Å²) in [7, 11) is 0. The number of hydrogen-bond acceptors (Lipinski definition) is 4. The fourth-order valence-corrected chi connectivity index (χ4v) is 1.73. The Labute approximate surface area is 122 Å². The van der Waals surface area contributed by atoms with Crippen molar-refractivity contribution in [1.82, 2.24) is 10.6 Å². The van der Waals surface area contributed by atoms with Crippen molar-refractivity contribution in [2.24, 2.45) is 5.92 Å². The summed E-state index contributed by atoms with van der Waals surface area (Å²) in [4.78, 5) is 34.8. The van der Waals surface area contributed by atoms with Crippen LogP contribution in [0.1, 0.15) is 37.6 Å². The van der Waals surface area contributed by atoms with E-state index in [2.05, 4.69) is 10.6 Å². The Bertz CT molecular complexity index is 495. The lowest BCUT2D eigenvalue weighted by atomic mass is 10.0. The predicted molar refractivity (Wildman–Crippen MR) is 74.7 cm³/mol. The van der Waals surface area contributed by atoms with E-state index < -0.39 is 29.9 Å². The van der Waals surface area contributed by atoms with Gasteiger partial charge in [-0.3, -0.25) is 9.59 Å². The molecule has 1 aromatic heterocycles. The molecule has 0 spiro atoms. The molecule has 21 heavy (non-hydrogen) atoms. The fraction of sp³-hybridized carbons (Fsp3) is 0.500. The molecule has 2 atom stereocenters. The first-order valence-corrected chi connectivity index (χ1v) is 6.67. The topological polar surface area (TPSA) is 109 Å². The van der Waals surface area contributed by atoms with E-state index in [0.29, 0.717) is 12.0 Å². The Balaban J connectivity index is 2.57. The maximum absolute atomic E-state index is 11.9. The average Bonchev–Trinajstić information content (AvgIpc) is 2.90. The quantitative estimate of drug-likeness (QED) is 0.696. The third kappa shape index (κ3) is 5.29. The molecule has 0 aliphatic rings. The first-order chi connectivity index (χ1) is 9.81. The van der Waals surface area contributed by atoms with E-state index in [0.717, 1.165) is 0 Å². The summed E-state index contributed by atoms with van der Waals surface area (Å²) in [6.07, 6.45) is 2.94. The van der Waals surface area contributed by atoms with Crippen molar-refractivity contribution in [1.29, 1.82) is 0 Å². The van der Waals surface area contributed by atoms with Gasteiger partial charge in [-0.25, -0.2) is 4.79 Å². The molecule has 1 heterocycles. The van der Waals surface area contributed by atoms with Gasteiger partial charge in [0, 0.05) is 0 Å². The van der Waals surface area contributed by atoms with Crippen LogP contribution >= 0.6 is 0 Å². The van der Waals surface area contributed by atoms with Crippen molar-refractivity contribution in [3.8, 4) is 0 Å².